The minimum Gasteiger partial charge on any atom is -0.459 e. The van der Waals surface area contributed by atoms with Crippen LogP contribution in [0.1, 0.15) is 51.5 Å². The molecule has 3 heterocycles. The van der Waals surface area contributed by atoms with E-state index >= 15 is 0 Å². The SMILES string of the molecule is Cc1ccoc1C(=O)NC1CCN(C(=O)CCC(=O)c2ccc(Cl)s2)CC1. The van der Waals surface area contributed by atoms with E-state index in [2.05, 4.69) is 5.32 Å². The van der Waals surface area contributed by atoms with Crippen LogP contribution in [0, 0.1) is 6.92 Å². The van der Waals surface area contributed by atoms with Crippen LogP contribution in [-0.2, 0) is 4.79 Å². The number of carbonyl (C=O) groups excluding carboxylic acids is 3. The number of piperidine rings is 1. The third-order valence-corrected chi connectivity index (χ3v) is 5.94. The van der Waals surface area contributed by atoms with Gasteiger partial charge in [0.1, 0.15) is 0 Å². The van der Waals surface area contributed by atoms with Gasteiger partial charge in [-0.1, -0.05) is 11.6 Å². The average Bonchev–Trinajstić information content (AvgIpc) is 3.28. The molecule has 1 saturated heterocycles. The van der Waals surface area contributed by atoms with Gasteiger partial charge in [-0.05, 0) is 38.0 Å². The third-order valence-electron chi connectivity index (χ3n) is 4.67. The van der Waals surface area contributed by atoms with Crippen molar-refractivity contribution in [3.63, 3.8) is 0 Å². The van der Waals surface area contributed by atoms with Gasteiger partial charge in [-0.25, -0.2) is 0 Å². The van der Waals surface area contributed by atoms with Crippen molar-refractivity contribution in [2.75, 3.05) is 13.1 Å². The molecular weight excluding hydrogens is 388 g/mol. The second-order valence-electron chi connectivity index (χ2n) is 6.59. The number of nitrogens with zero attached hydrogens (tertiary/aromatic N) is 1. The molecule has 0 atom stereocenters. The van der Waals surface area contributed by atoms with Gasteiger partial charge in [0.15, 0.2) is 11.5 Å². The maximum atomic E-state index is 12.3. The Bertz CT molecular complexity index is 836. The monoisotopic (exact) mass is 408 g/mol. The molecule has 0 radical (unpaired) electrons. The zero-order chi connectivity index (χ0) is 19.4. The lowest BCUT2D eigenvalue weighted by molar-refractivity contribution is -0.132. The standard InChI is InChI=1S/C19H21ClN2O4S/c1-12-8-11-26-18(12)19(25)21-13-6-9-22(10-7-13)17(24)5-2-14(23)15-3-4-16(20)27-15/h3-4,8,11,13H,2,5-7,9-10H2,1H3,(H,21,25). The Kier molecular flexibility index (Phi) is 6.34. The smallest absolute Gasteiger partial charge is 0.287 e. The number of Topliss-reactive ketones (excluding diaryl/α,β-unsaturated/α-hetero) is 1. The van der Waals surface area contributed by atoms with Crippen LogP contribution in [0.2, 0.25) is 4.34 Å². The van der Waals surface area contributed by atoms with Crippen molar-refractivity contribution < 1.29 is 18.8 Å². The molecule has 2 aromatic heterocycles. The van der Waals surface area contributed by atoms with Crippen LogP contribution in [0.25, 0.3) is 0 Å². The highest BCUT2D eigenvalue weighted by atomic mass is 35.5. The van der Waals surface area contributed by atoms with E-state index in [1.54, 1.807) is 23.1 Å². The van der Waals surface area contributed by atoms with Crippen LogP contribution in [-0.4, -0.2) is 41.6 Å². The van der Waals surface area contributed by atoms with E-state index < -0.39 is 0 Å². The molecule has 0 aliphatic carbocycles. The number of rotatable bonds is 6. The summed E-state index contributed by atoms with van der Waals surface area (Å²) in [6, 6.07) is 5.14. The van der Waals surface area contributed by atoms with Crippen LogP contribution in [0.3, 0.4) is 0 Å². The summed E-state index contributed by atoms with van der Waals surface area (Å²) in [6.45, 7) is 2.96. The Morgan fingerprint density at radius 1 is 1.22 bits per heavy atom. The second-order valence-corrected chi connectivity index (χ2v) is 8.30. The van der Waals surface area contributed by atoms with E-state index in [0.29, 0.717) is 40.9 Å². The largest absolute Gasteiger partial charge is 0.459 e. The number of hydrogen-bond acceptors (Lipinski definition) is 5. The molecule has 2 amide bonds. The van der Waals surface area contributed by atoms with Gasteiger partial charge in [-0.3, -0.25) is 14.4 Å². The van der Waals surface area contributed by atoms with Crippen molar-refractivity contribution >= 4 is 40.5 Å². The summed E-state index contributed by atoms with van der Waals surface area (Å²) in [6.07, 6.45) is 3.25. The lowest BCUT2D eigenvalue weighted by Gasteiger charge is -2.32. The van der Waals surface area contributed by atoms with E-state index in [9.17, 15) is 14.4 Å². The van der Waals surface area contributed by atoms with Crippen LogP contribution < -0.4 is 5.32 Å². The molecule has 3 rings (SSSR count). The van der Waals surface area contributed by atoms with Gasteiger partial charge in [-0.15, -0.1) is 11.3 Å². The number of nitrogens with one attached hydrogen (secondary N) is 1. The number of likely N-dealkylation sites (tertiary alicyclic amines) is 1. The number of hydrogen-bond donors (Lipinski definition) is 1. The van der Waals surface area contributed by atoms with Gasteiger partial charge in [0, 0.05) is 37.5 Å². The van der Waals surface area contributed by atoms with E-state index in [-0.39, 0.29) is 36.5 Å². The van der Waals surface area contributed by atoms with Crippen molar-refractivity contribution in [3.05, 3.63) is 45.0 Å². The molecule has 0 bridgehead atoms. The fraction of sp³-hybridized carbons (Fsp3) is 0.421. The van der Waals surface area contributed by atoms with Crippen molar-refractivity contribution in [1.29, 1.82) is 0 Å². The minimum atomic E-state index is -0.220. The molecule has 1 N–H and O–H groups in total. The Morgan fingerprint density at radius 3 is 2.56 bits per heavy atom. The molecular formula is C19H21ClN2O4S. The maximum absolute atomic E-state index is 12.3. The topological polar surface area (TPSA) is 79.6 Å². The van der Waals surface area contributed by atoms with Gasteiger partial charge in [0.25, 0.3) is 5.91 Å². The fourth-order valence-electron chi connectivity index (χ4n) is 3.10. The van der Waals surface area contributed by atoms with Crippen LogP contribution in [0.5, 0.6) is 0 Å². The molecule has 27 heavy (non-hydrogen) atoms. The average molecular weight is 409 g/mol. The van der Waals surface area contributed by atoms with E-state index in [4.69, 9.17) is 16.0 Å². The molecule has 144 valence electrons. The second kappa shape index (κ2) is 8.71. The van der Waals surface area contributed by atoms with E-state index in [1.807, 2.05) is 6.92 Å². The third kappa shape index (κ3) is 4.99. The lowest BCUT2D eigenvalue weighted by atomic mass is 10.0. The highest BCUT2D eigenvalue weighted by Crippen LogP contribution is 2.23. The molecule has 0 aromatic carbocycles. The summed E-state index contributed by atoms with van der Waals surface area (Å²) in [4.78, 5) is 39.0. The van der Waals surface area contributed by atoms with Gasteiger partial charge in [-0.2, -0.15) is 0 Å². The molecule has 0 saturated carbocycles. The Hall–Kier alpha value is -2.12. The highest BCUT2D eigenvalue weighted by molar-refractivity contribution is 7.18. The predicted octanol–water partition coefficient (Wildman–Crippen LogP) is 3.69. The number of aryl methyl sites for hydroxylation is 1. The van der Waals surface area contributed by atoms with Gasteiger partial charge < -0.3 is 14.6 Å². The number of halogens is 1. The first-order valence-electron chi connectivity index (χ1n) is 8.85. The quantitative estimate of drug-likeness (QED) is 0.739. The first-order valence-corrected chi connectivity index (χ1v) is 10.0. The van der Waals surface area contributed by atoms with Gasteiger partial charge in [0.05, 0.1) is 15.5 Å². The molecule has 8 heteroatoms. The number of ketones is 1. The first kappa shape index (κ1) is 19.6. The predicted molar refractivity (Wildman–Crippen MR) is 103 cm³/mol. The number of carbonyl (C=O) groups is 3. The molecule has 0 spiro atoms. The van der Waals surface area contributed by atoms with Gasteiger partial charge in [0.2, 0.25) is 5.91 Å². The van der Waals surface area contributed by atoms with E-state index in [0.717, 1.165) is 5.56 Å². The van der Waals surface area contributed by atoms with Crippen LogP contribution in [0.15, 0.2) is 28.9 Å². The van der Waals surface area contributed by atoms with Crippen molar-refractivity contribution in [2.24, 2.45) is 0 Å². The van der Waals surface area contributed by atoms with E-state index in [1.165, 1.54) is 17.6 Å². The highest BCUT2D eigenvalue weighted by Gasteiger charge is 2.25. The Balaban J connectivity index is 1.42. The normalized spacial score (nSPS) is 15.0. The van der Waals surface area contributed by atoms with Crippen LogP contribution >= 0.6 is 22.9 Å². The summed E-state index contributed by atoms with van der Waals surface area (Å²) < 4.78 is 5.77. The number of thiophene rings is 1. The summed E-state index contributed by atoms with van der Waals surface area (Å²) in [5.41, 5.74) is 0.803. The summed E-state index contributed by atoms with van der Waals surface area (Å²) in [5.74, 6) is 0.0251. The van der Waals surface area contributed by atoms with Crippen molar-refractivity contribution in [1.82, 2.24) is 10.2 Å². The van der Waals surface area contributed by atoms with Gasteiger partial charge >= 0.3 is 0 Å². The molecule has 2 aromatic rings. The molecule has 1 aliphatic rings. The number of furan rings is 1. The Labute approximate surface area is 166 Å². The summed E-state index contributed by atoms with van der Waals surface area (Å²) in [5, 5.41) is 2.96. The molecule has 0 unspecified atom stereocenters. The summed E-state index contributed by atoms with van der Waals surface area (Å²) >= 11 is 7.07. The zero-order valence-electron chi connectivity index (χ0n) is 15.0. The Morgan fingerprint density at radius 2 is 1.96 bits per heavy atom. The zero-order valence-corrected chi connectivity index (χ0v) is 16.6. The fourth-order valence-corrected chi connectivity index (χ4v) is 4.11. The lowest BCUT2D eigenvalue weighted by Crippen LogP contribution is -2.46. The minimum absolute atomic E-state index is 0.0148. The molecule has 1 aliphatic heterocycles. The molecule has 6 nitrogen and oxygen atoms in total. The number of amides is 2. The summed E-state index contributed by atoms with van der Waals surface area (Å²) in [7, 11) is 0. The first-order chi connectivity index (χ1) is 12.9. The maximum Gasteiger partial charge on any atom is 0.287 e. The van der Waals surface area contributed by atoms with Crippen molar-refractivity contribution in [3.8, 4) is 0 Å². The molecule has 1 fully saturated rings. The van der Waals surface area contributed by atoms with Crippen LogP contribution in [0.4, 0.5) is 0 Å². The van der Waals surface area contributed by atoms with Crippen molar-refractivity contribution in [2.45, 2.75) is 38.6 Å².